The molecule has 0 unspecified atom stereocenters. The Morgan fingerprint density at radius 3 is 2.02 bits per heavy atom. The number of hydrogen-bond donors (Lipinski definition) is 0. The molecule has 0 saturated heterocycles. The zero-order valence-corrected chi connectivity index (χ0v) is 21.7. The summed E-state index contributed by atoms with van der Waals surface area (Å²) in [7, 11) is 0. The van der Waals surface area contributed by atoms with Gasteiger partial charge >= 0.3 is 0 Å². The predicted octanol–water partition coefficient (Wildman–Crippen LogP) is 7.19. The summed E-state index contributed by atoms with van der Waals surface area (Å²) >= 11 is 0. The molecule has 3 nitrogen and oxygen atoms in total. The van der Waals surface area contributed by atoms with Gasteiger partial charge in [-0.1, -0.05) is 78.9 Å². The van der Waals surface area contributed by atoms with E-state index in [-0.39, 0.29) is 6.71 Å². The van der Waals surface area contributed by atoms with Crippen molar-refractivity contribution in [3.8, 4) is 17.2 Å². The van der Waals surface area contributed by atoms with Gasteiger partial charge < -0.3 is 14.2 Å². The number of aromatic nitrogens is 1. The van der Waals surface area contributed by atoms with Gasteiger partial charge in [-0.25, -0.2) is 0 Å². The van der Waals surface area contributed by atoms with E-state index >= 15 is 0 Å². The lowest BCUT2D eigenvalue weighted by Crippen LogP contribution is -2.58. The topological polar surface area (TPSA) is 17.4 Å². The maximum absolute atomic E-state index is 6.78. The maximum Gasteiger partial charge on any atom is 0.256 e. The summed E-state index contributed by atoms with van der Waals surface area (Å²) in [5.74, 6) is 1.84. The lowest BCUT2D eigenvalue weighted by molar-refractivity contribution is 0.488. The molecule has 0 bridgehead atoms. The number of anilines is 3. The molecule has 4 heteroatoms. The lowest BCUT2D eigenvalue weighted by atomic mass is 9.34. The fraction of sp³-hybridized carbons (Fsp3) is 0. The van der Waals surface area contributed by atoms with Crippen LogP contribution in [0.5, 0.6) is 11.5 Å². The number of fused-ring (bicyclic) bond motifs is 8. The van der Waals surface area contributed by atoms with Gasteiger partial charge in [-0.15, -0.1) is 0 Å². The van der Waals surface area contributed by atoms with E-state index in [4.69, 9.17) is 4.74 Å². The predicted molar refractivity (Wildman–Crippen MR) is 167 cm³/mol. The molecule has 9 rings (SSSR count). The molecule has 0 saturated carbocycles. The van der Waals surface area contributed by atoms with Gasteiger partial charge in [-0.3, -0.25) is 0 Å². The molecule has 0 spiro atoms. The minimum absolute atomic E-state index is 0.103. The third-order valence-electron chi connectivity index (χ3n) is 8.43. The maximum atomic E-state index is 6.78. The van der Waals surface area contributed by atoms with E-state index < -0.39 is 0 Å². The molecular formula is C36H23BN2O. The Morgan fingerprint density at radius 1 is 0.525 bits per heavy atom. The summed E-state index contributed by atoms with van der Waals surface area (Å²) in [6.45, 7) is 0.103. The minimum Gasteiger partial charge on any atom is -0.458 e. The van der Waals surface area contributed by atoms with Crippen LogP contribution in [0.25, 0.3) is 27.5 Å². The largest absolute Gasteiger partial charge is 0.458 e. The number of benzene rings is 6. The van der Waals surface area contributed by atoms with Gasteiger partial charge in [0.05, 0.1) is 11.0 Å². The highest BCUT2D eigenvalue weighted by Gasteiger charge is 2.40. The summed E-state index contributed by atoms with van der Waals surface area (Å²) < 4.78 is 9.21. The van der Waals surface area contributed by atoms with Crippen molar-refractivity contribution < 1.29 is 4.74 Å². The fourth-order valence-electron chi connectivity index (χ4n) is 6.81. The molecule has 1 aromatic heterocycles. The minimum atomic E-state index is 0.103. The highest BCUT2D eigenvalue weighted by molar-refractivity contribution is 6.99. The van der Waals surface area contributed by atoms with Crippen LogP contribution in [0.3, 0.4) is 0 Å². The van der Waals surface area contributed by atoms with Crippen LogP contribution in [-0.4, -0.2) is 11.3 Å². The summed E-state index contributed by atoms with van der Waals surface area (Å²) in [5, 5.41) is 2.55. The van der Waals surface area contributed by atoms with Crippen molar-refractivity contribution in [2.24, 2.45) is 0 Å². The average Bonchev–Trinajstić information content (AvgIpc) is 3.36. The fourth-order valence-corrected chi connectivity index (χ4v) is 6.81. The van der Waals surface area contributed by atoms with Gasteiger partial charge in [0.2, 0.25) is 0 Å². The second-order valence-electron chi connectivity index (χ2n) is 10.5. The van der Waals surface area contributed by atoms with Gasteiger partial charge in [-0.05, 0) is 71.0 Å². The van der Waals surface area contributed by atoms with E-state index in [0.29, 0.717) is 0 Å². The summed E-state index contributed by atoms with van der Waals surface area (Å²) in [6, 6.07) is 49.7. The monoisotopic (exact) mass is 510 g/mol. The van der Waals surface area contributed by atoms with Crippen molar-refractivity contribution in [1.82, 2.24) is 4.57 Å². The Balaban J connectivity index is 1.29. The van der Waals surface area contributed by atoms with Crippen LogP contribution in [0.2, 0.25) is 0 Å². The smallest absolute Gasteiger partial charge is 0.256 e. The van der Waals surface area contributed by atoms with Crippen molar-refractivity contribution in [3.05, 3.63) is 140 Å². The van der Waals surface area contributed by atoms with Gasteiger partial charge in [0.1, 0.15) is 11.5 Å². The van der Waals surface area contributed by atoms with Crippen LogP contribution >= 0.6 is 0 Å². The van der Waals surface area contributed by atoms with Gasteiger partial charge in [-0.2, -0.15) is 0 Å². The van der Waals surface area contributed by atoms with Gasteiger partial charge in [0, 0.05) is 39.6 Å². The van der Waals surface area contributed by atoms with Crippen molar-refractivity contribution in [2.45, 2.75) is 0 Å². The van der Waals surface area contributed by atoms with Gasteiger partial charge in [0.25, 0.3) is 6.71 Å². The van der Waals surface area contributed by atoms with Crippen molar-refractivity contribution in [2.75, 3.05) is 4.90 Å². The molecule has 0 aliphatic carbocycles. The highest BCUT2D eigenvalue weighted by atomic mass is 16.5. The van der Waals surface area contributed by atoms with Crippen molar-refractivity contribution in [1.29, 1.82) is 0 Å². The molecule has 0 fully saturated rings. The van der Waals surface area contributed by atoms with E-state index in [1.165, 1.54) is 43.9 Å². The lowest BCUT2D eigenvalue weighted by Gasteiger charge is -2.34. The Kier molecular flexibility index (Phi) is 4.41. The Morgan fingerprint density at radius 2 is 1.23 bits per heavy atom. The van der Waals surface area contributed by atoms with E-state index in [9.17, 15) is 0 Å². The Hall–Kier alpha value is -5.22. The number of ether oxygens (including phenoxy) is 1. The summed E-state index contributed by atoms with van der Waals surface area (Å²) in [5.41, 5.74) is 10.8. The number of para-hydroxylation sites is 4. The molecule has 2 aliphatic heterocycles. The molecule has 7 aromatic rings. The van der Waals surface area contributed by atoms with Crippen LogP contribution in [0.4, 0.5) is 17.1 Å². The zero-order valence-electron chi connectivity index (χ0n) is 21.7. The third-order valence-corrected chi connectivity index (χ3v) is 8.43. The Bertz CT molecular complexity index is 2060. The van der Waals surface area contributed by atoms with E-state index in [0.717, 1.165) is 28.6 Å². The molecule has 2 aliphatic rings. The number of rotatable bonds is 3. The summed E-state index contributed by atoms with van der Waals surface area (Å²) in [4.78, 5) is 2.29. The molecule has 0 atom stereocenters. The molecular weight excluding hydrogens is 487 g/mol. The normalized spacial score (nSPS) is 12.7. The average molecular weight is 510 g/mol. The van der Waals surface area contributed by atoms with Crippen molar-refractivity contribution >= 4 is 62.0 Å². The van der Waals surface area contributed by atoms with Gasteiger partial charge in [0.15, 0.2) is 0 Å². The third kappa shape index (κ3) is 2.90. The molecule has 0 amide bonds. The van der Waals surface area contributed by atoms with E-state index in [2.05, 4.69) is 149 Å². The first kappa shape index (κ1) is 21.7. The quantitative estimate of drug-likeness (QED) is 0.234. The van der Waals surface area contributed by atoms with Crippen LogP contribution < -0.4 is 26.0 Å². The first-order chi connectivity index (χ1) is 19.9. The number of hydrogen-bond acceptors (Lipinski definition) is 2. The molecule has 186 valence electrons. The second-order valence-corrected chi connectivity index (χ2v) is 10.5. The standard InChI is InChI=1S/C36H23BN2O/c1-3-11-24(12-4-1)38(25-13-5-2-6-14-25)26-19-21-30-34(23-26)40-33-22-20-28-27-15-7-9-17-31(27)39-32-18-10-8-16-29(32)37(30)35(33)36(28)39/h1-23H. The highest BCUT2D eigenvalue weighted by Crippen LogP contribution is 2.40. The van der Waals surface area contributed by atoms with Crippen LogP contribution in [-0.2, 0) is 0 Å². The first-order valence-corrected chi connectivity index (χ1v) is 13.7. The molecule has 40 heavy (non-hydrogen) atoms. The number of nitrogens with zero attached hydrogens (tertiary/aromatic N) is 2. The molecule has 0 radical (unpaired) electrons. The molecule has 0 N–H and O–H groups in total. The van der Waals surface area contributed by atoms with Crippen LogP contribution in [0.1, 0.15) is 0 Å². The summed E-state index contributed by atoms with van der Waals surface area (Å²) in [6.07, 6.45) is 0. The molecule has 3 heterocycles. The van der Waals surface area contributed by atoms with Crippen LogP contribution in [0, 0.1) is 0 Å². The second kappa shape index (κ2) is 8.14. The SMILES string of the molecule is c1ccc(N(c2ccccc2)c2ccc3c(c2)Oc2ccc4c5ccccc5n5c4c2B3c2ccccc2-5)cc1. The van der Waals surface area contributed by atoms with Crippen molar-refractivity contribution in [3.63, 3.8) is 0 Å². The Labute approximate surface area is 232 Å². The molecule has 6 aromatic carbocycles. The van der Waals surface area contributed by atoms with E-state index in [1.807, 2.05) is 0 Å². The zero-order chi connectivity index (χ0) is 26.2. The van der Waals surface area contributed by atoms with E-state index in [1.54, 1.807) is 0 Å². The first-order valence-electron chi connectivity index (χ1n) is 13.7. The van der Waals surface area contributed by atoms with Crippen LogP contribution in [0.15, 0.2) is 140 Å².